The van der Waals surface area contributed by atoms with Crippen molar-refractivity contribution in [2.75, 3.05) is 0 Å². The molecule has 0 aromatic carbocycles. The van der Waals surface area contributed by atoms with Gasteiger partial charge in [-0.05, 0) is 12.8 Å². The molecule has 1 fully saturated rings. The van der Waals surface area contributed by atoms with Gasteiger partial charge in [-0.2, -0.15) is 0 Å². The fourth-order valence-corrected chi connectivity index (χ4v) is 1.21. The third-order valence-electron chi connectivity index (χ3n) is 1.78. The Morgan fingerprint density at radius 3 is 1.36 bits per heavy atom. The van der Waals surface area contributed by atoms with Gasteiger partial charge in [0.2, 0.25) is 0 Å². The molecule has 2 nitrogen and oxygen atoms in total. The molecule has 0 radical (unpaired) electrons. The van der Waals surface area contributed by atoms with E-state index < -0.39 is 0 Å². The van der Waals surface area contributed by atoms with Crippen LogP contribution in [0.15, 0.2) is 0 Å². The van der Waals surface area contributed by atoms with E-state index >= 15 is 0 Å². The van der Waals surface area contributed by atoms with E-state index in [1.165, 1.54) is 19.3 Å². The van der Waals surface area contributed by atoms with Crippen molar-refractivity contribution >= 4 is 0 Å². The van der Waals surface area contributed by atoms with Crippen molar-refractivity contribution in [3.63, 3.8) is 0 Å². The fraction of sp³-hybridized carbons (Fsp3) is 1.00. The largest absolute Gasteiger partial charge is 2.00 e. The molecule has 0 aromatic heterocycles. The SMILES string of the molecule is NC1(N)CCCCC1.[Cl-].[Cl-].[Pt+2]. The first kappa shape index (κ1) is 18.1. The maximum atomic E-state index is 5.66. The van der Waals surface area contributed by atoms with Crippen LogP contribution >= 0.6 is 0 Å². The first-order valence-corrected chi connectivity index (χ1v) is 3.28. The van der Waals surface area contributed by atoms with Gasteiger partial charge in [-0.3, -0.25) is 0 Å². The minimum Gasteiger partial charge on any atom is -1.00 e. The van der Waals surface area contributed by atoms with Gasteiger partial charge in [0.1, 0.15) is 0 Å². The maximum absolute atomic E-state index is 5.66. The Bertz CT molecular complexity index is 82.7. The summed E-state index contributed by atoms with van der Waals surface area (Å²) in [6.45, 7) is 0. The molecule has 4 N–H and O–H groups in total. The molecule has 5 heteroatoms. The summed E-state index contributed by atoms with van der Waals surface area (Å²) < 4.78 is 0. The first-order chi connectivity index (χ1) is 3.71. The third kappa shape index (κ3) is 7.55. The quantitative estimate of drug-likeness (QED) is 0.413. The van der Waals surface area contributed by atoms with Crippen molar-refractivity contribution in [1.29, 1.82) is 0 Å². The van der Waals surface area contributed by atoms with Crippen molar-refractivity contribution in [1.82, 2.24) is 0 Å². The van der Waals surface area contributed by atoms with Crippen LogP contribution in [-0.2, 0) is 21.1 Å². The Kier molecular flexibility index (Phi) is 12.8. The molecule has 0 aromatic rings. The van der Waals surface area contributed by atoms with Crippen LogP contribution in [0.2, 0.25) is 0 Å². The van der Waals surface area contributed by atoms with Gasteiger partial charge in [0, 0.05) is 0 Å². The average molecular weight is 380 g/mol. The number of hydrogen-bond donors (Lipinski definition) is 2. The fourth-order valence-electron chi connectivity index (χ4n) is 1.21. The van der Waals surface area contributed by atoms with Gasteiger partial charge in [0.15, 0.2) is 0 Å². The third-order valence-corrected chi connectivity index (χ3v) is 1.78. The van der Waals surface area contributed by atoms with Gasteiger partial charge in [0.05, 0.1) is 5.66 Å². The van der Waals surface area contributed by atoms with E-state index in [0.717, 1.165) is 12.8 Å². The monoisotopic (exact) mass is 379 g/mol. The van der Waals surface area contributed by atoms with E-state index in [-0.39, 0.29) is 51.5 Å². The summed E-state index contributed by atoms with van der Waals surface area (Å²) in [6, 6.07) is 0. The molecule has 0 unspecified atom stereocenters. The Morgan fingerprint density at radius 1 is 0.818 bits per heavy atom. The zero-order valence-corrected chi connectivity index (χ0v) is 10.0. The van der Waals surface area contributed by atoms with Crippen molar-refractivity contribution < 1.29 is 45.9 Å². The van der Waals surface area contributed by atoms with E-state index in [1.807, 2.05) is 0 Å². The van der Waals surface area contributed by atoms with Gasteiger partial charge < -0.3 is 36.3 Å². The molecular formula is C6H14Cl2N2Pt. The number of hydrogen-bond acceptors (Lipinski definition) is 2. The van der Waals surface area contributed by atoms with Crippen molar-refractivity contribution in [3.8, 4) is 0 Å². The van der Waals surface area contributed by atoms with Crippen molar-refractivity contribution in [3.05, 3.63) is 0 Å². The number of nitrogens with two attached hydrogens (primary N) is 2. The Labute approximate surface area is 94.9 Å². The molecule has 72 valence electrons. The predicted molar refractivity (Wildman–Crippen MR) is 34.2 cm³/mol. The molecule has 0 aliphatic heterocycles. The van der Waals surface area contributed by atoms with Gasteiger partial charge in [-0.25, -0.2) is 0 Å². The number of rotatable bonds is 0. The molecule has 0 spiro atoms. The molecule has 0 saturated heterocycles. The summed E-state index contributed by atoms with van der Waals surface area (Å²) in [6.07, 6.45) is 5.76. The minimum atomic E-state index is -0.321. The Balaban J connectivity index is -0.000000213. The van der Waals surface area contributed by atoms with Crippen molar-refractivity contribution in [2.45, 2.75) is 37.8 Å². The van der Waals surface area contributed by atoms with Gasteiger partial charge >= 0.3 is 21.1 Å². The Morgan fingerprint density at radius 2 is 1.18 bits per heavy atom. The van der Waals surface area contributed by atoms with E-state index in [4.69, 9.17) is 11.5 Å². The summed E-state index contributed by atoms with van der Waals surface area (Å²) in [5.41, 5.74) is 11.0. The van der Waals surface area contributed by atoms with Crippen LogP contribution in [0.25, 0.3) is 0 Å². The second-order valence-electron chi connectivity index (χ2n) is 2.79. The molecule has 1 saturated carbocycles. The van der Waals surface area contributed by atoms with Crippen LogP contribution in [0.1, 0.15) is 32.1 Å². The molecule has 1 rings (SSSR count). The normalized spacial score (nSPS) is 20.2. The average Bonchev–Trinajstić information content (AvgIpc) is 1.65. The zero-order valence-electron chi connectivity index (χ0n) is 6.26. The van der Waals surface area contributed by atoms with Crippen LogP contribution in [0, 0.1) is 0 Å². The van der Waals surface area contributed by atoms with Crippen LogP contribution in [0.3, 0.4) is 0 Å². The molecule has 11 heavy (non-hydrogen) atoms. The predicted octanol–water partition coefficient (Wildman–Crippen LogP) is -5.43. The van der Waals surface area contributed by atoms with Crippen LogP contribution in [-0.4, -0.2) is 5.66 Å². The molecule has 1 aliphatic rings. The zero-order chi connectivity index (χ0) is 6.04. The first-order valence-electron chi connectivity index (χ1n) is 3.28. The summed E-state index contributed by atoms with van der Waals surface area (Å²) in [7, 11) is 0. The summed E-state index contributed by atoms with van der Waals surface area (Å²) in [4.78, 5) is 0. The molecule has 0 heterocycles. The molecule has 0 bridgehead atoms. The topological polar surface area (TPSA) is 52.0 Å². The van der Waals surface area contributed by atoms with Crippen molar-refractivity contribution in [2.24, 2.45) is 11.5 Å². The van der Waals surface area contributed by atoms with E-state index in [2.05, 4.69) is 0 Å². The molecule has 0 atom stereocenters. The summed E-state index contributed by atoms with van der Waals surface area (Å²) in [5.74, 6) is 0. The van der Waals surface area contributed by atoms with Crippen LogP contribution in [0.4, 0.5) is 0 Å². The van der Waals surface area contributed by atoms with E-state index in [1.54, 1.807) is 0 Å². The van der Waals surface area contributed by atoms with E-state index in [0.29, 0.717) is 0 Å². The standard InChI is InChI=1S/C6H14N2.2ClH.Pt/c7-6(8)4-2-1-3-5-6;;;/h1-5,7-8H2;2*1H;/q;;;+2/p-2. The van der Waals surface area contributed by atoms with Gasteiger partial charge in [-0.1, -0.05) is 19.3 Å². The van der Waals surface area contributed by atoms with Crippen LogP contribution in [0.5, 0.6) is 0 Å². The number of halogens is 2. The molecule has 0 amide bonds. The molecular weight excluding hydrogens is 366 g/mol. The summed E-state index contributed by atoms with van der Waals surface area (Å²) >= 11 is 0. The summed E-state index contributed by atoms with van der Waals surface area (Å²) in [5, 5.41) is 0. The second kappa shape index (κ2) is 7.82. The smallest absolute Gasteiger partial charge is 1.00 e. The van der Waals surface area contributed by atoms with Gasteiger partial charge in [0.25, 0.3) is 0 Å². The van der Waals surface area contributed by atoms with E-state index in [9.17, 15) is 0 Å². The Hall–Kier alpha value is 1.19. The second-order valence-corrected chi connectivity index (χ2v) is 2.79. The van der Waals surface area contributed by atoms with Crippen LogP contribution < -0.4 is 36.3 Å². The van der Waals surface area contributed by atoms with Gasteiger partial charge in [-0.15, -0.1) is 0 Å². The minimum absolute atomic E-state index is 0. The molecule has 1 aliphatic carbocycles. The maximum Gasteiger partial charge on any atom is 2.00 e.